The first kappa shape index (κ1) is 17.2. The van der Waals surface area contributed by atoms with Gasteiger partial charge in [0.05, 0.1) is 12.2 Å². The summed E-state index contributed by atoms with van der Waals surface area (Å²) in [7, 11) is -9.47. The van der Waals surface area contributed by atoms with Crippen molar-refractivity contribution < 1.29 is 37.8 Å². The van der Waals surface area contributed by atoms with Gasteiger partial charge in [0.25, 0.3) is 0 Å². The third kappa shape index (κ3) is 8.02. The van der Waals surface area contributed by atoms with E-state index in [0.717, 1.165) is 0 Å². The van der Waals surface area contributed by atoms with E-state index in [4.69, 9.17) is 19.6 Å². The Hall–Kier alpha value is 0.220. The van der Waals surface area contributed by atoms with Crippen molar-refractivity contribution in [3.05, 3.63) is 0 Å². The Morgan fingerprint density at radius 3 is 1.71 bits per heavy atom. The Kier molecular flexibility index (Phi) is 6.49. The van der Waals surface area contributed by atoms with Gasteiger partial charge in [-0.3, -0.25) is 9.05 Å². The molecule has 0 spiro atoms. The van der Waals surface area contributed by atoms with Gasteiger partial charge in [0.1, 0.15) is 0 Å². The van der Waals surface area contributed by atoms with Crippen molar-refractivity contribution >= 4 is 15.6 Å². The monoisotopic (exact) mass is 292 g/mol. The number of phosphoric acid groups is 2. The van der Waals surface area contributed by atoms with Crippen LogP contribution in [0.25, 0.3) is 0 Å². The maximum atomic E-state index is 10.8. The summed E-state index contributed by atoms with van der Waals surface area (Å²) >= 11 is 0. The van der Waals surface area contributed by atoms with Gasteiger partial charge in [0, 0.05) is 0 Å². The SMILES string of the molecule is CCC(C)C(OP(=O)(O)O)C(C)OP(=O)(O)O. The van der Waals surface area contributed by atoms with Gasteiger partial charge in [-0.05, 0) is 12.8 Å². The van der Waals surface area contributed by atoms with Crippen LogP contribution in [0.2, 0.25) is 0 Å². The van der Waals surface area contributed by atoms with Gasteiger partial charge < -0.3 is 19.6 Å². The Morgan fingerprint density at radius 1 is 1.00 bits per heavy atom. The number of rotatable bonds is 7. The van der Waals surface area contributed by atoms with Crippen LogP contribution in [-0.4, -0.2) is 31.8 Å². The van der Waals surface area contributed by atoms with Crippen LogP contribution in [0.1, 0.15) is 27.2 Å². The molecule has 0 fully saturated rings. The van der Waals surface area contributed by atoms with Crippen LogP contribution in [0, 0.1) is 5.92 Å². The summed E-state index contributed by atoms with van der Waals surface area (Å²) in [6.07, 6.45) is -1.73. The summed E-state index contributed by atoms with van der Waals surface area (Å²) in [4.78, 5) is 34.7. The smallest absolute Gasteiger partial charge is 0.303 e. The molecule has 3 unspecified atom stereocenters. The molecule has 0 rings (SSSR count). The maximum absolute atomic E-state index is 10.8. The summed E-state index contributed by atoms with van der Waals surface area (Å²) in [6.45, 7) is 4.68. The molecule has 0 bridgehead atoms. The van der Waals surface area contributed by atoms with Crippen LogP contribution >= 0.6 is 15.6 Å². The van der Waals surface area contributed by atoms with Crippen molar-refractivity contribution in [2.75, 3.05) is 0 Å². The minimum atomic E-state index is -4.74. The first-order valence-corrected chi connectivity index (χ1v) is 8.00. The van der Waals surface area contributed by atoms with Crippen molar-refractivity contribution in [3.8, 4) is 0 Å². The summed E-state index contributed by atoms with van der Waals surface area (Å²) < 4.78 is 30.3. The topological polar surface area (TPSA) is 134 Å². The molecule has 0 saturated carbocycles. The maximum Gasteiger partial charge on any atom is 0.469 e. The van der Waals surface area contributed by atoms with Gasteiger partial charge in [-0.25, -0.2) is 9.13 Å². The van der Waals surface area contributed by atoms with Gasteiger partial charge in [-0.1, -0.05) is 20.3 Å². The quantitative estimate of drug-likeness (QED) is 0.511. The molecule has 8 nitrogen and oxygen atoms in total. The Labute approximate surface area is 99.4 Å². The van der Waals surface area contributed by atoms with E-state index in [0.29, 0.717) is 6.42 Å². The highest BCUT2D eigenvalue weighted by Gasteiger charge is 2.34. The zero-order chi connectivity index (χ0) is 13.9. The lowest BCUT2D eigenvalue weighted by atomic mass is 9.98. The zero-order valence-electron chi connectivity index (χ0n) is 9.76. The molecule has 0 heterocycles. The molecule has 10 heteroatoms. The lowest BCUT2D eigenvalue weighted by Crippen LogP contribution is -2.33. The van der Waals surface area contributed by atoms with E-state index in [-0.39, 0.29) is 5.92 Å². The molecular weight excluding hydrogens is 274 g/mol. The molecule has 0 aromatic heterocycles. The minimum absolute atomic E-state index is 0.329. The molecule has 0 aliphatic heterocycles. The van der Waals surface area contributed by atoms with E-state index in [1.54, 1.807) is 13.8 Å². The van der Waals surface area contributed by atoms with E-state index in [1.807, 2.05) is 0 Å². The average molecular weight is 292 g/mol. The summed E-state index contributed by atoms with van der Waals surface area (Å²) in [6, 6.07) is 0. The molecule has 0 aliphatic rings. The van der Waals surface area contributed by atoms with Gasteiger partial charge in [0.2, 0.25) is 0 Å². The number of hydrogen-bond acceptors (Lipinski definition) is 4. The minimum Gasteiger partial charge on any atom is -0.303 e. The first-order valence-electron chi connectivity index (χ1n) is 4.94. The molecule has 4 N–H and O–H groups in total. The molecular formula is C7H18O8P2. The Bertz CT molecular complexity index is 320. The fourth-order valence-corrected chi connectivity index (χ4v) is 2.57. The highest BCUT2D eigenvalue weighted by atomic mass is 31.2. The van der Waals surface area contributed by atoms with Crippen molar-refractivity contribution in [2.24, 2.45) is 5.92 Å². The van der Waals surface area contributed by atoms with E-state index < -0.39 is 27.9 Å². The van der Waals surface area contributed by atoms with Crippen molar-refractivity contribution in [1.29, 1.82) is 0 Å². The molecule has 0 saturated heterocycles. The normalized spacial score (nSPS) is 18.8. The summed E-state index contributed by atoms with van der Waals surface area (Å²) in [5, 5.41) is 0. The lowest BCUT2D eigenvalue weighted by molar-refractivity contribution is -0.00427. The van der Waals surface area contributed by atoms with Gasteiger partial charge >= 0.3 is 15.6 Å². The molecule has 17 heavy (non-hydrogen) atoms. The van der Waals surface area contributed by atoms with Gasteiger partial charge in [-0.15, -0.1) is 0 Å². The average Bonchev–Trinajstić information content (AvgIpc) is 2.08. The third-order valence-corrected chi connectivity index (χ3v) is 3.36. The highest BCUT2D eigenvalue weighted by Crippen LogP contribution is 2.44. The number of hydrogen-bond donors (Lipinski definition) is 4. The first-order chi connectivity index (χ1) is 7.46. The molecule has 0 aliphatic carbocycles. The molecule has 104 valence electrons. The van der Waals surface area contributed by atoms with Crippen LogP contribution in [0.15, 0.2) is 0 Å². The molecule has 0 radical (unpaired) electrons. The second-order valence-corrected chi connectivity index (χ2v) is 6.13. The number of phosphoric ester groups is 2. The van der Waals surface area contributed by atoms with E-state index in [9.17, 15) is 9.13 Å². The molecule has 0 amide bonds. The van der Waals surface area contributed by atoms with Crippen LogP contribution in [-0.2, 0) is 18.2 Å². The third-order valence-electron chi connectivity index (χ3n) is 2.23. The molecule has 0 aromatic carbocycles. The van der Waals surface area contributed by atoms with Crippen molar-refractivity contribution in [3.63, 3.8) is 0 Å². The van der Waals surface area contributed by atoms with Crippen LogP contribution in [0.3, 0.4) is 0 Å². The van der Waals surface area contributed by atoms with Crippen LogP contribution in [0.4, 0.5) is 0 Å². The zero-order valence-corrected chi connectivity index (χ0v) is 11.5. The van der Waals surface area contributed by atoms with Crippen LogP contribution < -0.4 is 0 Å². The fraction of sp³-hybridized carbons (Fsp3) is 1.00. The lowest BCUT2D eigenvalue weighted by Gasteiger charge is -2.28. The highest BCUT2D eigenvalue weighted by molar-refractivity contribution is 7.46. The van der Waals surface area contributed by atoms with E-state index >= 15 is 0 Å². The van der Waals surface area contributed by atoms with E-state index in [1.165, 1.54) is 6.92 Å². The van der Waals surface area contributed by atoms with Gasteiger partial charge in [0.15, 0.2) is 0 Å². The second-order valence-electron chi connectivity index (χ2n) is 3.75. The summed E-state index contributed by atoms with van der Waals surface area (Å²) in [5.74, 6) is -0.329. The van der Waals surface area contributed by atoms with E-state index in [2.05, 4.69) is 9.05 Å². The van der Waals surface area contributed by atoms with Gasteiger partial charge in [-0.2, -0.15) is 0 Å². The van der Waals surface area contributed by atoms with Crippen molar-refractivity contribution in [1.82, 2.24) is 0 Å². The Morgan fingerprint density at radius 2 is 1.41 bits per heavy atom. The Balaban J connectivity index is 4.80. The fourth-order valence-electron chi connectivity index (χ4n) is 1.32. The van der Waals surface area contributed by atoms with Crippen molar-refractivity contribution in [2.45, 2.75) is 39.4 Å². The van der Waals surface area contributed by atoms with Crippen LogP contribution in [0.5, 0.6) is 0 Å². The predicted molar refractivity (Wildman–Crippen MR) is 59.0 cm³/mol. The standard InChI is InChI=1S/C7H18O8P2/c1-4-5(2)7(15-17(11,12)13)6(3)14-16(8,9)10/h5-7H,4H2,1-3H3,(H2,8,9,10)(H2,11,12,13). The predicted octanol–water partition coefficient (Wildman–Crippen LogP) is 1.01. The second kappa shape index (κ2) is 6.41. The largest absolute Gasteiger partial charge is 0.469 e. The summed E-state index contributed by atoms with van der Waals surface area (Å²) in [5.41, 5.74) is 0. The molecule has 0 aromatic rings. The molecule has 3 atom stereocenters.